The van der Waals surface area contributed by atoms with Gasteiger partial charge < -0.3 is 38.8 Å². The summed E-state index contributed by atoms with van der Waals surface area (Å²) in [5.41, 5.74) is 3.97. The number of hydrogen-bond acceptors (Lipinski definition) is 3. The second kappa shape index (κ2) is 11.3. The highest BCUT2D eigenvalue weighted by molar-refractivity contribution is 5.91. The molecule has 0 atom stereocenters. The maximum absolute atomic E-state index is 12.1. The molecule has 1 amide bonds. The largest absolute Gasteiger partial charge is 1.00 e. The predicted molar refractivity (Wildman–Crippen MR) is 115 cm³/mol. The summed E-state index contributed by atoms with van der Waals surface area (Å²) in [7, 11) is 3.57. The molecule has 1 aromatic heterocycles. The first-order valence-corrected chi connectivity index (χ1v) is 9.34. The van der Waals surface area contributed by atoms with E-state index in [2.05, 4.69) is 5.32 Å². The molecule has 1 heterocycles. The number of amides is 1. The van der Waals surface area contributed by atoms with Gasteiger partial charge in [0.1, 0.15) is 7.05 Å². The molecule has 1 N–H and O–H groups in total. The van der Waals surface area contributed by atoms with Crippen LogP contribution >= 0.6 is 0 Å². The Kier molecular flexibility index (Phi) is 8.86. The number of carbonyl (C=O) groups is 1. The lowest BCUT2D eigenvalue weighted by atomic mass is 10.1. The van der Waals surface area contributed by atoms with Gasteiger partial charge in [0.2, 0.25) is 0 Å². The standard InChI is InChI=1S/C24H24N2O3.HI/c1-18-4-9-21(10-5-18)25-24(27)17-29-22-11-8-20(16-23(22)28-3)7-6-19-12-14-26(2)15-13-19;/h4-16H,17H2,1-3H3;1H/b7-6+;. The van der Waals surface area contributed by atoms with Crippen LogP contribution in [0.25, 0.3) is 12.2 Å². The van der Waals surface area contributed by atoms with Crippen molar-refractivity contribution >= 4 is 23.7 Å². The molecule has 0 fully saturated rings. The van der Waals surface area contributed by atoms with Gasteiger partial charge in [-0.3, -0.25) is 4.79 Å². The fourth-order valence-corrected chi connectivity index (χ4v) is 2.70. The number of nitrogens with one attached hydrogen (secondary N) is 1. The van der Waals surface area contributed by atoms with Gasteiger partial charge in [0.25, 0.3) is 5.91 Å². The minimum Gasteiger partial charge on any atom is -1.00 e. The van der Waals surface area contributed by atoms with Crippen molar-refractivity contribution in [1.29, 1.82) is 0 Å². The van der Waals surface area contributed by atoms with Gasteiger partial charge in [0.15, 0.2) is 30.5 Å². The van der Waals surface area contributed by atoms with E-state index in [1.54, 1.807) is 7.11 Å². The topological polar surface area (TPSA) is 51.4 Å². The van der Waals surface area contributed by atoms with Crippen molar-refractivity contribution in [2.24, 2.45) is 7.05 Å². The number of ether oxygens (including phenoxy) is 2. The molecule has 2 aromatic carbocycles. The first-order valence-electron chi connectivity index (χ1n) is 9.34. The molecule has 0 bridgehead atoms. The monoisotopic (exact) mass is 516 g/mol. The third-order valence-corrected chi connectivity index (χ3v) is 4.35. The molecule has 0 aliphatic rings. The Balaban J connectivity index is 0.00000320. The van der Waals surface area contributed by atoms with Crippen LogP contribution in [0.5, 0.6) is 11.5 Å². The zero-order chi connectivity index (χ0) is 20.6. The van der Waals surface area contributed by atoms with Gasteiger partial charge in [-0.1, -0.05) is 35.9 Å². The SMILES string of the molecule is COc1cc(/C=C/c2cc[n+](C)cc2)ccc1OCC(=O)Nc1ccc(C)cc1.[I-]. The van der Waals surface area contributed by atoms with Gasteiger partial charge in [-0.05, 0) is 42.3 Å². The van der Waals surface area contributed by atoms with E-state index in [-0.39, 0.29) is 36.5 Å². The summed E-state index contributed by atoms with van der Waals surface area (Å²) in [6.45, 7) is 1.90. The van der Waals surface area contributed by atoms with Crippen LogP contribution in [-0.2, 0) is 11.8 Å². The summed E-state index contributed by atoms with van der Waals surface area (Å²) < 4.78 is 13.1. The summed E-state index contributed by atoms with van der Waals surface area (Å²) in [4.78, 5) is 12.1. The number of aromatic nitrogens is 1. The van der Waals surface area contributed by atoms with Crippen LogP contribution in [-0.4, -0.2) is 19.6 Å². The van der Waals surface area contributed by atoms with Gasteiger partial charge in [-0.2, -0.15) is 0 Å². The minimum absolute atomic E-state index is 0. The lowest BCUT2D eigenvalue weighted by Gasteiger charge is -2.11. The van der Waals surface area contributed by atoms with Crippen molar-refractivity contribution in [2.45, 2.75) is 6.92 Å². The molecule has 30 heavy (non-hydrogen) atoms. The minimum atomic E-state index is -0.225. The van der Waals surface area contributed by atoms with Crippen LogP contribution in [0.3, 0.4) is 0 Å². The van der Waals surface area contributed by atoms with E-state index in [4.69, 9.17) is 9.47 Å². The zero-order valence-electron chi connectivity index (χ0n) is 17.3. The summed E-state index contributed by atoms with van der Waals surface area (Å²) in [6.07, 6.45) is 8.04. The van der Waals surface area contributed by atoms with E-state index >= 15 is 0 Å². The van der Waals surface area contributed by atoms with E-state index in [9.17, 15) is 4.79 Å². The molecular weight excluding hydrogens is 491 g/mol. The molecule has 0 saturated carbocycles. The Hall–Kier alpha value is -2.87. The number of pyridine rings is 1. The molecule has 3 rings (SSSR count). The van der Waals surface area contributed by atoms with E-state index in [1.165, 1.54) is 0 Å². The first-order chi connectivity index (χ1) is 14.0. The summed E-state index contributed by atoms with van der Waals surface area (Å²) >= 11 is 0. The van der Waals surface area contributed by atoms with Crippen molar-refractivity contribution < 1.29 is 42.8 Å². The highest BCUT2D eigenvalue weighted by Gasteiger charge is 2.08. The highest BCUT2D eigenvalue weighted by atomic mass is 127. The van der Waals surface area contributed by atoms with Crippen molar-refractivity contribution in [3.63, 3.8) is 0 Å². The third kappa shape index (κ3) is 6.88. The zero-order valence-corrected chi connectivity index (χ0v) is 19.4. The highest BCUT2D eigenvalue weighted by Crippen LogP contribution is 2.28. The van der Waals surface area contributed by atoms with Crippen LogP contribution in [0, 0.1) is 6.92 Å². The number of hydrogen-bond donors (Lipinski definition) is 1. The summed E-state index contributed by atoms with van der Waals surface area (Å²) in [6, 6.07) is 17.3. The maximum Gasteiger partial charge on any atom is 0.262 e. The Morgan fingerprint density at radius 3 is 2.30 bits per heavy atom. The molecule has 0 spiro atoms. The number of rotatable bonds is 7. The van der Waals surface area contributed by atoms with E-state index in [1.807, 2.05) is 97.7 Å². The molecule has 0 aliphatic carbocycles. The van der Waals surface area contributed by atoms with Crippen LogP contribution in [0.4, 0.5) is 5.69 Å². The number of anilines is 1. The Labute approximate surface area is 194 Å². The van der Waals surface area contributed by atoms with E-state index in [0.717, 1.165) is 22.4 Å². The number of halogens is 1. The molecular formula is C24H25IN2O3. The molecule has 3 aromatic rings. The Bertz CT molecular complexity index is 1000. The second-order valence-electron chi connectivity index (χ2n) is 6.74. The molecule has 0 saturated heterocycles. The molecule has 0 radical (unpaired) electrons. The molecule has 6 heteroatoms. The summed E-state index contributed by atoms with van der Waals surface area (Å²) in [5.74, 6) is 0.877. The summed E-state index contributed by atoms with van der Waals surface area (Å²) in [5, 5.41) is 2.81. The number of carbonyl (C=O) groups excluding carboxylic acids is 1. The number of methoxy groups -OCH3 is 1. The van der Waals surface area contributed by atoms with Crippen LogP contribution in [0.1, 0.15) is 16.7 Å². The third-order valence-electron chi connectivity index (χ3n) is 4.35. The van der Waals surface area contributed by atoms with Gasteiger partial charge in [-0.15, -0.1) is 0 Å². The quantitative estimate of drug-likeness (QED) is 0.377. The van der Waals surface area contributed by atoms with Crippen LogP contribution in [0.2, 0.25) is 0 Å². The van der Waals surface area contributed by atoms with Gasteiger partial charge >= 0.3 is 0 Å². The van der Waals surface area contributed by atoms with Gasteiger partial charge in [0.05, 0.1) is 7.11 Å². The van der Waals surface area contributed by atoms with Crippen molar-refractivity contribution in [2.75, 3.05) is 19.0 Å². The predicted octanol–water partition coefficient (Wildman–Crippen LogP) is 1.02. The van der Waals surface area contributed by atoms with Gasteiger partial charge in [0, 0.05) is 17.8 Å². The molecule has 156 valence electrons. The Morgan fingerprint density at radius 2 is 1.63 bits per heavy atom. The Morgan fingerprint density at radius 1 is 0.967 bits per heavy atom. The van der Waals surface area contributed by atoms with Crippen molar-refractivity contribution in [3.05, 3.63) is 83.7 Å². The first kappa shape index (κ1) is 23.4. The average molecular weight is 516 g/mol. The van der Waals surface area contributed by atoms with E-state index in [0.29, 0.717) is 11.5 Å². The van der Waals surface area contributed by atoms with Crippen molar-refractivity contribution in [1.82, 2.24) is 0 Å². The fourth-order valence-electron chi connectivity index (χ4n) is 2.70. The molecule has 0 aliphatic heterocycles. The number of aryl methyl sites for hydroxylation is 2. The second-order valence-corrected chi connectivity index (χ2v) is 6.74. The lowest BCUT2D eigenvalue weighted by molar-refractivity contribution is -0.671. The number of benzene rings is 2. The van der Waals surface area contributed by atoms with Crippen LogP contribution < -0.4 is 43.3 Å². The average Bonchev–Trinajstić information content (AvgIpc) is 2.73. The molecule has 5 nitrogen and oxygen atoms in total. The smallest absolute Gasteiger partial charge is 0.262 e. The normalized spacial score (nSPS) is 10.4. The van der Waals surface area contributed by atoms with E-state index < -0.39 is 0 Å². The van der Waals surface area contributed by atoms with Gasteiger partial charge in [-0.25, -0.2) is 4.57 Å². The fraction of sp³-hybridized carbons (Fsp3) is 0.167. The van der Waals surface area contributed by atoms with Crippen molar-refractivity contribution in [3.8, 4) is 11.5 Å². The lowest BCUT2D eigenvalue weighted by Crippen LogP contribution is -3.00. The maximum atomic E-state index is 12.1. The molecule has 0 unspecified atom stereocenters. The van der Waals surface area contributed by atoms with Crippen LogP contribution in [0.15, 0.2) is 67.0 Å². The number of nitrogens with zero attached hydrogens (tertiary/aromatic N) is 1.